The van der Waals surface area contributed by atoms with Crippen molar-refractivity contribution < 1.29 is 0 Å². The molecule has 138 valence electrons. The van der Waals surface area contributed by atoms with Crippen molar-refractivity contribution in [2.45, 2.75) is 20.8 Å². The molecule has 28 heavy (non-hydrogen) atoms. The van der Waals surface area contributed by atoms with Gasteiger partial charge in [0.2, 0.25) is 0 Å². The Morgan fingerprint density at radius 2 is 1.54 bits per heavy atom. The molecular formula is C26H23NO. The van der Waals surface area contributed by atoms with Crippen LogP contribution in [0.25, 0.3) is 45.6 Å². The van der Waals surface area contributed by atoms with Crippen LogP contribution in [0.5, 0.6) is 0 Å². The summed E-state index contributed by atoms with van der Waals surface area (Å²) in [5, 5.41) is 2.08. The molecule has 2 aromatic carbocycles. The first kappa shape index (κ1) is 18.0. The first-order chi connectivity index (χ1) is 13.4. The maximum Gasteiger partial charge on any atom is 0.263 e. The molecule has 2 aromatic heterocycles. The fraction of sp³-hybridized carbons (Fsp3) is 0.115. The van der Waals surface area contributed by atoms with Crippen LogP contribution in [-0.4, -0.2) is 4.40 Å². The average molecular weight is 365 g/mol. The number of hydrogen-bond donors (Lipinski definition) is 0. The lowest BCUT2D eigenvalue weighted by Crippen LogP contribution is -2.18. The third-order valence-electron chi connectivity index (χ3n) is 5.89. The second-order valence-corrected chi connectivity index (χ2v) is 7.26. The standard InChI is InChI=1S/C26H23NO/c1-7-19-20(8-2)26(28)27-24(9-3)17(6)22-13-18(14-23(19)25(22)27)21-12-10-11-15(4)16(21)5/h7-14H,1-3H2,4-6H3. The molecule has 0 amide bonds. The Labute approximate surface area is 165 Å². The number of aromatic nitrogens is 1. The second kappa shape index (κ2) is 6.35. The number of aryl methyl sites for hydroxylation is 2. The van der Waals surface area contributed by atoms with Crippen molar-refractivity contribution in [3.8, 4) is 11.1 Å². The monoisotopic (exact) mass is 365 g/mol. The van der Waals surface area contributed by atoms with Crippen LogP contribution >= 0.6 is 0 Å². The molecule has 2 heterocycles. The average Bonchev–Trinajstić information content (AvgIpc) is 2.98. The highest BCUT2D eigenvalue weighted by Crippen LogP contribution is 2.37. The maximum atomic E-state index is 13.2. The van der Waals surface area contributed by atoms with Gasteiger partial charge in [0.15, 0.2) is 0 Å². The molecule has 0 aliphatic rings. The smallest absolute Gasteiger partial charge is 0.263 e. The Morgan fingerprint density at radius 1 is 0.857 bits per heavy atom. The fourth-order valence-electron chi connectivity index (χ4n) is 4.27. The van der Waals surface area contributed by atoms with Crippen molar-refractivity contribution in [1.82, 2.24) is 4.40 Å². The van der Waals surface area contributed by atoms with Crippen LogP contribution in [0.4, 0.5) is 0 Å². The van der Waals surface area contributed by atoms with Gasteiger partial charge in [0, 0.05) is 16.3 Å². The van der Waals surface area contributed by atoms with E-state index in [1.54, 1.807) is 22.6 Å². The predicted octanol–water partition coefficient (Wildman–Crippen LogP) is 6.41. The van der Waals surface area contributed by atoms with E-state index in [9.17, 15) is 4.79 Å². The minimum Gasteiger partial charge on any atom is -0.275 e. The fourth-order valence-corrected chi connectivity index (χ4v) is 4.27. The van der Waals surface area contributed by atoms with Crippen LogP contribution in [0.3, 0.4) is 0 Å². The zero-order valence-corrected chi connectivity index (χ0v) is 16.6. The molecule has 0 radical (unpaired) electrons. The lowest BCUT2D eigenvalue weighted by Gasteiger charge is -2.13. The summed E-state index contributed by atoms with van der Waals surface area (Å²) in [4.78, 5) is 13.2. The van der Waals surface area contributed by atoms with E-state index in [2.05, 4.69) is 63.9 Å². The summed E-state index contributed by atoms with van der Waals surface area (Å²) in [6.45, 7) is 18.1. The highest BCUT2D eigenvalue weighted by molar-refractivity contribution is 6.07. The lowest BCUT2D eigenvalue weighted by atomic mass is 9.92. The molecule has 2 nitrogen and oxygen atoms in total. The third-order valence-corrected chi connectivity index (χ3v) is 5.89. The number of rotatable bonds is 4. The molecule has 0 fully saturated rings. The van der Waals surface area contributed by atoms with Gasteiger partial charge in [-0.25, -0.2) is 0 Å². The molecule has 0 aliphatic heterocycles. The molecule has 4 aromatic rings. The van der Waals surface area contributed by atoms with Crippen molar-refractivity contribution in [3.63, 3.8) is 0 Å². The van der Waals surface area contributed by atoms with Crippen LogP contribution in [0.2, 0.25) is 0 Å². The Morgan fingerprint density at radius 3 is 2.18 bits per heavy atom. The molecule has 0 atom stereocenters. The van der Waals surface area contributed by atoms with E-state index in [0.29, 0.717) is 5.56 Å². The van der Waals surface area contributed by atoms with Gasteiger partial charge >= 0.3 is 0 Å². The molecule has 0 spiro atoms. The van der Waals surface area contributed by atoms with Crippen molar-refractivity contribution >= 4 is 34.5 Å². The first-order valence-corrected chi connectivity index (χ1v) is 9.36. The molecular weight excluding hydrogens is 342 g/mol. The molecule has 0 saturated carbocycles. The largest absolute Gasteiger partial charge is 0.275 e. The van der Waals surface area contributed by atoms with Gasteiger partial charge in [0.25, 0.3) is 5.56 Å². The summed E-state index contributed by atoms with van der Waals surface area (Å²) in [7, 11) is 0. The van der Waals surface area contributed by atoms with Crippen LogP contribution in [-0.2, 0) is 0 Å². The Hall–Kier alpha value is -3.39. The van der Waals surface area contributed by atoms with Gasteiger partial charge in [0.05, 0.1) is 11.2 Å². The van der Waals surface area contributed by atoms with E-state index in [0.717, 1.165) is 38.7 Å². The Kier molecular flexibility index (Phi) is 4.08. The van der Waals surface area contributed by atoms with Gasteiger partial charge in [-0.2, -0.15) is 0 Å². The van der Waals surface area contributed by atoms with E-state index < -0.39 is 0 Å². The van der Waals surface area contributed by atoms with E-state index in [1.807, 2.05) is 6.92 Å². The number of benzene rings is 2. The van der Waals surface area contributed by atoms with Crippen molar-refractivity contribution in [3.05, 3.63) is 93.9 Å². The summed E-state index contributed by atoms with van der Waals surface area (Å²) < 4.78 is 1.77. The molecule has 0 bridgehead atoms. The van der Waals surface area contributed by atoms with Gasteiger partial charge in [-0.05, 0) is 72.4 Å². The second-order valence-electron chi connectivity index (χ2n) is 7.26. The Balaban J connectivity index is 2.30. The van der Waals surface area contributed by atoms with Crippen molar-refractivity contribution in [1.29, 1.82) is 0 Å². The highest BCUT2D eigenvalue weighted by Gasteiger charge is 2.21. The summed E-state index contributed by atoms with van der Waals surface area (Å²) >= 11 is 0. The number of nitrogens with zero attached hydrogens (tertiary/aromatic N) is 1. The molecule has 0 aliphatic carbocycles. The quantitative estimate of drug-likeness (QED) is 0.409. The molecule has 2 heteroatoms. The van der Waals surface area contributed by atoms with Gasteiger partial charge in [0.1, 0.15) is 0 Å². The Bertz CT molecular complexity index is 1350. The van der Waals surface area contributed by atoms with E-state index in [-0.39, 0.29) is 5.56 Å². The molecule has 0 saturated heterocycles. The summed E-state index contributed by atoms with van der Waals surface area (Å²) in [6, 6.07) is 10.7. The molecule has 4 rings (SSSR count). The third kappa shape index (κ3) is 2.24. The minimum atomic E-state index is -0.0788. The van der Waals surface area contributed by atoms with E-state index in [1.165, 1.54) is 16.7 Å². The van der Waals surface area contributed by atoms with Gasteiger partial charge in [-0.15, -0.1) is 0 Å². The maximum absolute atomic E-state index is 13.2. The van der Waals surface area contributed by atoms with Crippen LogP contribution in [0.1, 0.15) is 33.5 Å². The van der Waals surface area contributed by atoms with Crippen LogP contribution < -0.4 is 5.56 Å². The topological polar surface area (TPSA) is 21.5 Å². The van der Waals surface area contributed by atoms with Crippen LogP contribution in [0, 0.1) is 20.8 Å². The predicted molar refractivity (Wildman–Crippen MR) is 122 cm³/mol. The zero-order chi connectivity index (χ0) is 20.2. The van der Waals surface area contributed by atoms with E-state index in [4.69, 9.17) is 0 Å². The first-order valence-electron chi connectivity index (χ1n) is 9.36. The lowest BCUT2D eigenvalue weighted by molar-refractivity contribution is 1.10. The zero-order valence-electron chi connectivity index (χ0n) is 16.6. The van der Waals surface area contributed by atoms with Gasteiger partial charge in [-0.3, -0.25) is 9.20 Å². The summed E-state index contributed by atoms with van der Waals surface area (Å²) in [5.41, 5.74) is 8.99. The van der Waals surface area contributed by atoms with Crippen molar-refractivity contribution in [2.75, 3.05) is 0 Å². The number of pyridine rings is 1. The number of hydrogen-bond acceptors (Lipinski definition) is 1. The SMILES string of the molecule is C=Cc1c(C=C)c2cc(-c3cccc(C)c3C)cc3c(C)c(C=C)n(c1=O)c32. The normalized spacial score (nSPS) is 11.2. The highest BCUT2D eigenvalue weighted by atomic mass is 16.1. The minimum absolute atomic E-state index is 0.0788. The van der Waals surface area contributed by atoms with E-state index >= 15 is 0 Å². The molecule has 0 N–H and O–H groups in total. The molecule has 0 unspecified atom stereocenters. The summed E-state index contributed by atoms with van der Waals surface area (Å²) in [6.07, 6.45) is 5.14. The van der Waals surface area contributed by atoms with Crippen molar-refractivity contribution in [2.24, 2.45) is 0 Å². The summed E-state index contributed by atoms with van der Waals surface area (Å²) in [5.74, 6) is 0. The van der Waals surface area contributed by atoms with Gasteiger partial charge in [-0.1, -0.05) is 50.1 Å². The van der Waals surface area contributed by atoms with Crippen LogP contribution in [0.15, 0.2) is 54.9 Å². The van der Waals surface area contributed by atoms with Gasteiger partial charge < -0.3 is 0 Å².